The summed E-state index contributed by atoms with van der Waals surface area (Å²) in [5.74, 6) is 1.54. The number of nitrogens with zero attached hydrogens (tertiary/aromatic N) is 3. The van der Waals surface area contributed by atoms with E-state index in [1.807, 2.05) is 49.7 Å². The average molecular weight is 270 g/mol. The Morgan fingerprint density at radius 2 is 2.11 bits per heavy atom. The Morgan fingerprint density at radius 3 is 2.84 bits per heavy atom. The molecule has 0 atom stereocenters. The van der Waals surface area contributed by atoms with Crippen molar-refractivity contribution >= 4 is 17.0 Å². The molecule has 0 aliphatic carbocycles. The summed E-state index contributed by atoms with van der Waals surface area (Å²) in [5, 5.41) is 6.48. The molecule has 4 nitrogen and oxygen atoms in total. The minimum absolute atomic E-state index is 0.721. The maximum Gasteiger partial charge on any atom is 0.191 e. The Morgan fingerprint density at radius 1 is 1.26 bits per heavy atom. The summed E-state index contributed by atoms with van der Waals surface area (Å²) < 4.78 is 1.78. The number of hydrogen-bond acceptors (Lipinski definition) is 4. The fourth-order valence-corrected chi connectivity index (χ4v) is 2.65. The van der Waals surface area contributed by atoms with E-state index in [-0.39, 0.29) is 0 Å². The minimum Gasteiger partial charge on any atom is -0.398 e. The number of aryl methyl sites for hydroxylation is 2. The molecule has 0 saturated carbocycles. The first-order chi connectivity index (χ1) is 9.15. The van der Waals surface area contributed by atoms with Crippen LogP contribution >= 0.6 is 11.3 Å². The number of thiophene rings is 1. The number of nitrogens with two attached hydrogens (primary N) is 1. The van der Waals surface area contributed by atoms with Crippen molar-refractivity contribution in [3.05, 3.63) is 41.3 Å². The highest BCUT2D eigenvalue weighted by atomic mass is 32.1. The smallest absolute Gasteiger partial charge is 0.191 e. The molecule has 0 unspecified atom stereocenters. The van der Waals surface area contributed by atoms with Gasteiger partial charge in [0.2, 0.25) is 0 Å². The van der Waals surface area contributed by atoms with Gasteiger partial charge in [-0.25, -0.2) is 9.67 Å². The van der Waals surface area contributed by atoms with Crippen LogP contribution in [0.25, 0.3) is 22.1 Å². The lowest BCUT2D eigenvalue weighted by atomic mass is 10.1. The first-order valence-electron chi connectivity index (χ1n) is 5.96. The Bertz CT molecular complexity index is 713. The highest BCUT2D eigenvalue weighted by molar-refractivity contribution is 7.13. The summed E-state index contributed by atoms with van der Waals surface area (Å²) >= 11 is 1.63. The number of anilines is 1. The number of benzene rings is 1. The summed E-state index contributed by atoms with van der Waals surface area (Å²) in [5.41, 5.74) is 8.85. The van der Waals surface area contributed by atoms with E-state index in [9.17, 15) is 0 Å². The van der Waals surface area contributed by atoms with Gasteiger partial charge < -0.3 is 5.73 Å². The number of hydrogen-bond donors (Lipinski definition) is 1. The second-order valence-electron chi connectivity index (χ2n) is 4.45. The van der Waals surface area contributed by atoms with Gasteiger partial charge in [0.05, 0.1) is 4.88 Å². The zero-order valence-corrected chi connectivity index (χ0v) is 11.6. The van der Waals surface area contributed by atoms with Gasteiger partial charge in [-0.05, 0) is 30.5 Å². The van der Waals surface area contributed by atoms with Crippen LogP contribution in [0.4, 0.5) is 5.69 Å². The quantitative estimate of drug-likeness (QED) is 0.728. The summed E-state index contributed by atoms with van der Waals surface area (Å²) in [6, 6.07) is 9.96. The molecular formula is C14H14N4S. The Hall–Kier alpha value is -2.14. The van der Waals surface area contributed by atoms with Crippen LogP contribution in [-0.4, -0.2) is 14.8 Å². The predicted molar refractivity (Wildman–Crippen MR) is 78.9 cm³/mol. The fraction of sp³-hybridized carbons (Fsp3) is 0.143. The van der Waals surface area contributed by atoms with E-state index < -0.39 is 0 Å². The molecule has 0 aliphatic rings. The van der Waals surface area contributed by atoms with Crippen LogP contribution in [0.1, 0.15) is 5.56 Å². The summed E-state index contributed by atoms with van der Waals surface area (Å²) in [6.45, 7) is 2.04. The molecule has 96 valence electrons. The minimum atomic E-state index is 0.721. The summed E-state index contributed by atoms with van der Waals surface area (Å²) in [7, 11) is 1.89. The maximum atomic E-state index is 6.04. The van der Waals surface area contributed by atoms with Crippen LogP contribution in [0.15, 0.2) is 35.7 Å². The molecule has 3 aromatic rings. The van der Waals surface area contributed by atoms with Crippen molar-refractivity contribution in [2.75, 3.05) is 5.73 Å². The van der Waals surface area contributed by atoms with E-state index >= 15 is 0 Å². The van der Waals surface area contributed by atoms with Gasteiger partial charge in [0.15, 0.2) is 11.6 Å². The van der Waals surface area contributed by atoms with Gasteiger partial charge >= 0.3 is 0 Å². The van der Waals surface area contributed by atoms with Crippen molar-refractivity contribution in [1.29, 1.82) is 0 Å². The van der Waals surface area contributed by atoms with E-state index in [1.165, 1.54) is 0 Å². The molecular weight excluding hydrogens is 256 g/mol. The highest BCUT2D eigenvalue weighted by Crippen LogP contribution is 2.28. The molecule has 0 amide bonds. The first-order valence-corrected chi connectivity index (χ1v) is 6.84. The van der Waals surface area contributed by atoms with Gasteiger partial charge in [0.1, 0.15) is 0 Å². The van der Waals surface area contributed by atoms with E-state index in [4.69, 9.17) is 5.73 Å². The van der Waals surface area contributed by atoms with Crippen molar-refractivity contribution in [2.45, 2.75) is 6.92 Å². The Kier molecular flexibility index (Phi) is 2.83. The van der Waals surface area contributed by atoms with E-state index in [1.54, 1.807) is 16.0 Å². The van der Waals surface area contributed by atoms with Crippen LogP contribution in [0.5, 0.6) is 0 Å². The van der Waals surface area contributed by atoms with Gasteiger partial charge in [-0.1, -0.05) is 17.7 Å². The molecule has 5 heteroatoms. The average Bonchev–Trinajstić information content (AvgIpc) is 3.01. The van der Waals surface area contributed by atoms with Gasteiger partial charge in [0.25, 0.3) is 0 Å². The van der Waals surface area contributed by atoms with Crippen molar-refractivity contribution in [3.8, 4) is 22.1 Å². The van der Waals surface area contributed by atoms with Gasteiger partial charge in [-0.3, -0.25) is 0 Å². The maximum absolute atomic E-state index is 6.04. The molecule has 2 heterocycles. The largest absolute Gasteiger partial charge is 0.398 e. The number of aromatic nitrogens is 3. The second kappa shape index (κ2) is 4.51. The van der Waals surface area contributed by atoms with E-state index in [2.05, 4.69) is 10.1 Å². The van der Waals surface area contributed by atoms with E-state index in [0.29, 0.717) is 0 Å². The molecule has 1 aromatic carbocycles. The zero-order chi connectivity index (χ0) is 13.4. The zero-order valence-electron chi connectivity index (χ0n) is 10.8. The van der Waals surface area contributed by atoms with E-state index in [0.717, 1.165) is 33.3 Å². The van der Waals surface area contributed by atoms with Crippen LogP contribution < -0.4 is 5.73 Å². The fourth-order valence-electron chi connectivity index (χ4n) is 1.99. The van der Waals surface area contributed by atoms with Crippen LogP contribution in [0.3, 0.4) is 0 Å². The van der Waals surface area contributed by atoms with Crippen LogP contribution in [-0.2, 0) is 7.05 Å². The SMILES string of the molecule is Cc1ccc(N)c(-c2nc(-c3cccs3)nn2C)c1. The molecule has 0 aliphatic heterocycles. The lowest BCUT2D eigenvalue weighted by molar-refractivity contribution is 0.778. The molecule has 0 fully saturated rings. The van der Waals surface area contributed by atoms with Crippen LogP contribution in [0.2, 0.25) is 0 Å². The molecule has 3 rings (SSSR count). The number of rotatable bonds is 2. The summed E-state index contributed by atoms with van der Waals surface area (Å²) in [4.78, 5) is 5.67. The Balaban J connectivity index is 2.13. The highest BCUT2D eigenvalue weighted by Gasteiger charge is 2.13. The molecule has 0 spiro atoms. The molecule has 0 saturated heterocycles. The third-order valence-electron chi connectivity index (χ3n) is 2.95. The van der Waals surface area contributed by atoms with Crippen LogP contribution in [0, 0.1) is 6.92 Å². The van der Waals surface area contributed by atoms with Crippen molar-refractivity contribution in [2.24, 2.45) is 7.05 Å². The summed E-state index contributed by atoms with van der Waals surface area (Å²) in [6.07, 6.45) is 0. The molecule has 0 radical (unpaired) electrons. The lowest BCUT2D eigenvalue weighted by Gasteiger charge is -2.05. The molecule has 0 bridgehead atoms. The van der Waals surface area contributed by atoms with Crippen molar-refractivity contribution in [1.82, 2.24) is 14.8 Å². The molecule has 2 N–H and O–H groups in total. The standard InChI is InChI=1S/C14H14N4S/c1-9-5-6-11(15)10(8-9)14-16-13(17-18(14)2)12-4-3-7-19-12/h3-8H,15H2,1-2H3. The topological polar surface area (TPSA) is 56.7 Å². The third kappa shape index (κ3) is 2.13. The molecule has 19 heavy (non-hydrogen) atoms. The Labute approximate surface area is 115 Å². The van der Waals surface area contributed by atoms with Gasteiger partial charge in [-0.15, -0.1) is 16.4 Å². The van der Waals surface area contributed by atoms with Gasteiger partial charge in [-0.2, -0.15) is 0 Å². The van der Waals surface area contributed by atoms with Gasteiger partial charge in [0, 0.05) is 18.3 Å². The lowest BCUT2D eigenvalue weighted by Crippen LogP contribution is -1.98. The predicted octanol–water partition coefficient (Wildman–Crippen LogP) is 3.10. The normalized spacial score (nSPS) is 10.8. The molecule has 2 aromatic heterocycles. The van der Waals surface area contributed by atoms with Crippen molar-refractivity contribution < 1.29 is 0 Å². The second-order valence-corrected chi connectivity index (χ2v) is 5.40. The first kappa shape index (κ1) is 11.9. The third-order valence-corrected chi connectivity index (χ3v) is 3.82. The monoisotopic (exact) mass is 270 g/mol. The number of nitrogen functional groups attached to an aromatic ring is 1. The van der Waals surface area contributed by atoms with Crippen molar-refractivity contribution in [3.63, 3.8) is 0 Å².